The maximum atomic E-state index is 11.2. The summed E-state index contributed by atoms with van der Waals surface area (Å²) in [6, 6.07) is 1.37. The maximum Gasteiger partial charge on any atom is 0.307 e. The van der Waals surface area contributed by atoms with Crippen LogP contribution in [0.25, 0.3) is 0 Å². The van der Waals surface area contributed by atoms with Crippen molar-refractivity contribution in [3.63, 3.8) is 0 Å². The minimum atomic E-state index is -0.561. The van der Waals surface area contributed by atoms with Crippen LogP contribution >= 0.6 is 0 Å². The van der Waals surface area contributed by atoms with Gasteiger partial charge >= 0.3 is 5.97 Å². The van der Waals surface area contributed by atoms with Crippen LogP contribution in [0, 0.1) is 22.7 Å². The largest absolute Gasteiger partial charge is 0.481 e. The molecule has 0 amide bonds. The molecule has 0 bridgehead atoms. The first-order chi connectivity index (χ1) is 11.9. The summed E-state index contributed by atoms with van der Waals surface area (Å²) in [4.78, 5) is 16.5. The van der Waals surface area contributed by atoms with Gasteiger partial charge in [0.1, 0.15) is 0 Å². The number of nitrogens with zero attached hydrogens (tertiary/aromatic N) is 2. The summed E-state index contributed by atoms with van der Waals surface area (Å²) >= 11 is 0. The molecule has 2 aliphatic heterocycles. The van der Waals surface area contributed by atoms with Crippen molar-refractivity contribution in [1.82, 2.24) is 9.80 Å². The standard InChI is InChI=1S/C21H36N2O2/c1-15(2)22-8-4-20(5-9-22)13-17(20)12-16(3)23-10-6-21(7-11-23)14-18(21)19(24)25/h15-18H,4-14H2,1-3H3,(H,24,25). The first kappa shape index (κ1) is 17.8. The predicted octanol–water partition coefficient (Wildman–Crippen LogP) is 3.46. The highest BCUT2D eigenvalue weighted by atomic mass is 16.4. The van der Waals surface area contributed by atoms with Crippen LogP contribution in [-0.4, -0.2) is 59.1 Å². The van der Waals surface area contributed by atoms with E-state index in [2.05, 4.69) is 30.6 Å². The van der Waals surface area contributed by atoms with Crippen molar-refractivity contribution in [3.8, 4) is 0 Å². The SMILES string of the molecule is CC(C)N1CCC2(CC1)CC2CC(C)N1CCC2(CC1)CC2C(=O)O. The van der Waals surface area contributed by atoms with Crippen LogP contribution in [0.1, 0.15) is 65.7 Å². The third kappa shape index (κ3) is 3.25. The van der Waals surface area contributed by atoms with Gasteiger partial charge in [-0.15, -0.1) is 0 Å². The molecule has 4 heteroatoms. The van der Waals surface area contributed by atoms with Crippen molar-refractivity contribution in [1.29, 1.82) is 0 Å². The quantitative estimate of drug-likeness (QED) is 0.826. The summed E-state index contributed by atoms with van der Waals surface area (Å²) < 4.78 is 0. The molecule has 4 nitrogen and oxygen atoms in total. The number of carbonyl (C=O) groups is 1. The van der Waals surface area contributed by atoms with Gasteiger partial charge in [-0.3, -0.25) is 4.79 Å². The predicted molar refractivity (Wildman–Crippen MR) is 99.5 cm³/mol. The molecule has 3 atom stereocenters. The highest BCUT2D eigenvalue weighted by Crippen LogP contribution is 2.62. The molecule has 0 aromatic heterocycles. The average molecular weight is 349 g/mol. The molecule has 2 saturated heterocycles. The number of likely N-dealkylation sites (tertiary alicyclic amines) is 2. The summed E-state index contributed by atoms with van der Waals surface area (Å²) in [6.45, 7) is 11.9. The van der Waals surface area contributed by atoms with Crippen LogP contribution in [0.2, 0.25) is 0 Å². The number of aliphatic carboxylic acids is 1. The van der Waals surface area contributed by atoms with Crippen LogP contribution in [0.15, 0.2) is 0 Å². The fourth-order valence-corrected chi connectivity index (χ4v) is 6.08. The van der Waals surface area contributed by atoms with Gasteiger partial charge < -0.3 is 14.9 Å². The maximum absolute atomic E-state index is 11.2. The Hall–Kier alpha value is -0.610. The van der Waals surface area contributed by atoms with Crippen molar-refractivity contribution in [2.24, 2.45) is 22.7 Å². The average Bonchev–Trinajstić information content (AvgIpc) is 3.46. The zero-order chi connectivity index (χ0) is 17.8. The number of carboxylic acids is 1. The lowest BCUT2D eigenvalue weighted by molar-refractivity contribution is -0.139. The van der Waals surface area contributed by atoms with Gasteiger partial charge in [-0.2, -0.15) is 0 Å². The van der Waals surface area contributed by atoms with E-state index in [4.69, 9.17) is 0 Å². The van der Waals surface area contributed by atoms with Gasteiger partial charge in [0.2, 0.25) is 0 Å². The number of hydrogen-bond acceptors (Lipinski definition) is 3. The van der Waals surface area contributed by atoms with Crippen LogP contribution in [0.3, 0.4) is 0 Å². The number of hydrogen-bond donors (Lipinski definition) is 1. The molecular weight excluding hydrogens is 312 g/mol. The van der Waals surface area contributed by atoms with Crippen LogP contribution < -0.4 is 0 Å². The summed E-state index contributed by atoms with van der Waals surface area (Å²) in [6.07, 6.45) is 8.78. The Labute approximate surface area is 152 Å². The molecule has 2 spiro atoms. The minimum Gasteiger partial charge on any atom is -0.481 e. The fourth-order valence-electron chi connectivity index (χ4n) is 6.08. The summed E-state index contributed by atoms with van der Waals surface area (Å²) in [5.41, 5.74) is 0.855. The molecule has 2 heterocycles. The van der Waals surface area contributed by atoms with E-state index < -0.39 is 5.97 Å². The summed E-state index contributed by atoms with van der Waals surface area (Å²) in [7, 11) is 0. The molecule has 4 aliphatic rings. The summed E-state index contributed by atoms with van der Waals surface area (Å²) in [5.74, 6) is 0.345. The van der Waals surface area contributed by atoms with Crippen molar-refractivity contribution in [3.05, 3.63) is 0 Å². The fraction of sp³-hybridized carbons (Fsp3) is 0.952. The third-order valence-corrected chi connectivity index (χ3v) is 8.41. The van der Waals surface area contributed by atoms with E-state index in [9.17, 15) is 9.90 Å². The van der Waals surface area contributed by atoms with Crippen LogP contribution in [0.5, 0.6) is 0 Å². The van der Waals surface area contributed by atoms with Crippen molar-refractivity contribution < 1.29 is 9.90 Å². The third-order valence-electron chi connectivity index (χ3n) is 8.41. The highest BCUT2D eigenvalue weighted by molar-refractivity contribution is 5.74. The van der Waals surface area contributed by atoms with E-state index in [0.717, 1.165) is 38.3 Å². The molecule has 0 aromatic rings. The van der Waals surface area contributed by atoms with Gasteiger partial charge in [-0.1, -0.05) is 0 Å². The Morgan fingerprint density at radius 1 is 0.960 bits per heavy atom. The van der Waals surface area contributed by atoms with E-state index in [1.807, 2.05) is 0 Å². The second kappa shape index (κ2) is 6.23. The Kier molecular flexibility index (Phi) is 4.43. The zero-order valence-electron chi connectivity index (χ0n) is 16.3. The molecule has 4 fully saturated rings. The molecule has 0 radical (unpaired) electrons. The second-order valence-electron chi connectivity index (χ2n) is 9.97. The van der Waals surface area contributed by atoms with Gasteiger partial charge in [0.25, 0.3) is 0 Å². The molecule has 142 valence electrons. The smallest absolute Gasteiger partial charge is 0.307 e. The van der Waals surface area contributed by atoms with Gasteiger partial charge in [0, 0.05) is 12.1 Å². The highest BCUT2D eigenvalue weighted by Gasteiger charge is 2.59. The Bertz CT molecular complexity index is 516. The van der Waals surface area contributed by atoms with Gasteiger partial charge in [-0.25, -0.2) is 0 Å². The lowest BCUT2D eigenvalue weighted by Gasteiger charge is -2.38. The zero-order valence-corrected chi connectivity index (χ0v) is 16.3. The van der Waals surface area contributed by atoms with Crippen LogP contribution in [-0.2, 0) is 4.79 Å². The Balaban J connectivity index is 1.22. The van der Waals surface area contributed by atoms with Crippen molar-refractivity contribution in [2.45, 2.75) is 77.8 Å². The molecule has 2 aliphatic carbocycles. The monoisotopic (exact) mass is 348 g/mol. The molecule has 4 rings (SSSR count). The second-order valence-corrected chi connectivity index (χ2v) is 9.97. The van der Waals surface area contributed by atoms with E-state index in [-0.39, 0.29) is 11.3 Å². The first-order valence-corrected chi connectivity index (χ1v) is 10.6. The van der Waals surface area contributed by atoms with Crippen LogP contribution in [0.4, 0.5) is 0 Å². The summed E-state index contributed by atoms with van der Waals surface area (Å²) in [5, 5.41) is 9.25. The normalized spacial score (nSPS) is 35.2. The first-order valence-electron chi connectivity index (χ1n) is 10.6. The van der Waals surface area contributed by atoms with Crippen molar-refractivity contribution >= 4 is 5.97 Å². The lowest BCUT2D eigenvalue weighted by Crippen LogP contribution is -2.42. The Morgan fingerprint density at radius 3 is 2.04 bits per heavy atom. The molecule has 3 unspecified atom stereocenters. The van der Waals surface area contributed by atoms with Gasteiger partial charge in [0.05, 0.1) is 5.92 Å². The van der Waals surface area contributed by atoms with E-state index in [1.54, 1.807) is 0 Å². The molecule has 0 aromatic carbocycles. The number of piperidine rings is 2. The molecular formula is C21H36N2O2. The molecule has 2 saturated carbocycles. The Morgan fingerprint density at radius 2 is 1.52 bits per heavy atom. The number of carboxylic acid groups (broad SMARTS) is 1. The topological polar surface area (TPSA) is 43.8 Å². The van der Waals surface area contributed by atoms with E-state index in [0.29, 0.717) is 17.5 Å². The lowest BCUT2D eigenvalue weighted by atomic mass is 9.87. The number of rotatable bonds is 5. The van der Waals surface area contributed by atoms with Gasteiger partial charge in [0.15, 0.2) is 0 Å². The van der Waals surface area contributed by atoms with E-state index in [1.165, 1.54) is 38.8 Å². The minimum absolute atomic E-state index is 0.0391. The van der Waals surface area contributed by atoms with E-state index >= 15 is 0 Å². The van der Waals surface area contributed by atoms with Gasteiger partial charge in [-0.05, 0) is 109 Å². The molecule has 25 heavy (non-hydrogen) atoms. The molecule has 1 N–H and O–H groups in total. The van der Waals surface area contributed by atoms with Crippen molar-refractivity contribution in [2.75, 3.05) is 26.2 Å².